The lowest BCUT2D eigenvalue weighted by molar-refractivity contribution is -0.0815. The Morgan fingerprint density at radius 3 is 1.75 bits per heavy atom. The van der Waals surface area contributed by atoms with Crippen LogP contribution in [0, 0.1) is 0 Å². The maximum absolute atomic E-state index is 16.8. The van der Waals surface area contributed by atoms with E-state index in [1.54, 1.807) is 27.7 Å². The van der Waals surface area contributed by atoms with Gasteiger partial charge in [0.1, 0.15) is 54.2 Å². The van der Waals surface area contributed by atoms with Crippen LogP contribution in [0.15, 0.2) is 25.3 Å². The smallest absolute Gasteiger partial charge is 0.432 e. The van der Waals surface area contributed by atoms with Crippen molar-refractivity contribution >= 4 is 61.9 Å². The number of rotatable bonds is 10. The largest absolute Gasteiger partial charge is 0.510 e. The standard InChI is InChI=1S/C30H39FN10O17P2/c1-13(2)53-29(43)47-11-51-59(45)49-5-15-20(42)22(28(55-15)41-10-39-19-24(33)35-8-37-26(19)41)58-60(46,52-12-48-30(44)54-14(3)4)50-6-16-21(57-59)17(31)27(56-16)40-9-38-18-23(32)34-7-36-25(18)40/h7-10,13-17,20-22,27-28,42H,5-6,11-12H2,1-4H3,(H2,32,34,36)(H2,33,35,37)/t15-,16-,17+,20?,21?,22+,27-,28-,59?,60?/m1/s1. The Kier molecular flexibility index (Phi) is 12.8. The van der Waals surface area contributed by atoms with E-state index in [-0.39, 0.29) is 34.0 Å². The fraction of sp³-hybridized carbons (Fsp3) is 0.600. The molecular formula is C30H39FN10O17P2. The van der Waals surface area contributed by atoms with E-state index >= 15 is 4.39 Å². The third-order valence-electron chi connectivity index (χ3n) is 8.64. The zero-order valence-corrected chi connectivity index (χ0v) is 33.7. The zero-order valence-electron chi connectivity index (χ0n) is 31.9. The molecule has 4 unspecified atom stereocenters. The number of nitrogens with two attached hydrogens (primary N) is 2. The number of nitrogens with zero attached hydrogens (tertiary/aromatic N) is 8. The van der Waals surface area contributed by atoms with Gasteiger partial charge in [0.25, 0.3) is 0 Å². The number of hydrogen-bond acceptors (Lipinski definition) is 25. The van der Waals surface area contributed by atoms with Crippen LogP contribution in [0.5, 0.6) is 0 Å². The van der Waals surface area contributed by atoms with Crippen molar-refractivity contribution in [3.63, 3.8) is 0 Å². The van der Waals surface area contributed by atoms with Gasteiger partial charge in [-0.3, -0.25) is 27.2 Å². The fourth-order valence-electron chi connectivity index (χ4n) is 6.04. The molecule has 0 spiro atoms. The van der Waals surface area contributed by atoms with Gasteiger partial charge >= 0.3 is 28.0 Å². The first-order chi connectivity index (χ1) is 28.5. The van der Waals surface area contributed by atoms with Crippen molar-refractivity contribution in [2.45, 2.75) is 89.1 Å². The number of halogens is 1. The third-order valence-corrected chi connectivity index (χ3v) is 11.4. The van der Waals surface area contributed by atoms with Crippen LogP contribution < -0.4 is 11.5 Å². The van der Waals surface area contributed by atoms with E-state index in [1.807, 2.05) is 0 Å². The number of imidazole rings is 2. The van der Waals surface area contributed by atoms with Crippen molar-refractivity contribution in [3.8, 4) is 0 Å². The van der Waals surface area contributed by atoms with Crippen molar-refractivity contribution in [2.24, 2.45) is 0 Å². The highest BCUT2D eigenvalue weighted by atomic mass is 31.2. The van der Waals surface area contributed by atoms with E-state index in [0.29, 0.717) is 0 Å². The molecule has 4 aromatic rings. The molecule has 3 aliphatic rings. The Hall–Kier alpha value is -4.73. The number of aliphatic hydroxyl groups excluding tert-OH is 1. The molecule has 27 nitrogen and oxygen atoms in total. The number of carbonyl (C=O) groups is 2. The first kappa shape index (κ1) is 43.4. The van der Waals surface area contributed by atoms with Crippen LogP contribution in [0.3, 0.4) is 0 Å². The molecule has 0 radical (unpaired) electrons. The number of carbonyl (C=O) groups excluding carboxylic acids is 2. The average molecular weight is 893 g/mol. The van der Waals surface area contributed by atoms with Gasteiger partial charge in [0.15, 0.2) is 41.6 Å². The zero-order chi connectivity index (χ0) is 42.9. The van der Waals surface area contributed by atoms with Crippen LogP contribution in [0.25, 0.3) is 22.3 Å². The molecule has 0 saturated carbocycles. The topological polar surface area (TPSA) is 339 Å². The van der Waals surface area contributed by atoms with Crippen molar-refractivity contribution < 1.29 is 83.8 Å². The molecule has 2 bridgehead atoms. The Labute approximate surface area is 337 Å². The normalized spacial score (nSPS) is 31.1. The molecule has 0 aromatic carbocycles. The van der Waals surface area contributed by atoms with Gasteiger partial charge < -0.3 is 45.0 Å². The molecule has 30 heteroatoms. The van der Waals surface area contributed by atoms with Gasteiger partial charge in [0.05, 0.1) is 38.1 Å². The molecule has 0 aliphatic carbocycles. The number of fused-ring (bicyclic) bond motifs is 5. The molecule has 3 fully saturated rings. The minimum absolute atomic E-state index is 0.0215. The highest BCUT2D eigenvalue weighted by Crippen LogP contribution is 2.58. The number of alkyl halides is 1. The number of ether oxygens (including phenoxy) is 6. The second kappa shape index (κ2) is 17.7. The lowest BCUT2D eigenvalue weighted by atomic mass is 10.1. The minimum atomic E-state index is -5.13. The Morgan fingerprint density at radius 2 is 1.23 bits per heavy atom. The summed E-state index contributed by atoms with van der Waals surface area (Å²) in [5.74, 6) is -0.0623. The number of hydrogen-bond donors (Lipinski definition) is 3. The van der Waals surface area contributed by atoms with Crippen molar-refractivity contribution in [3.05, 3.63) is 25.3 Å². The van der Waals surface area contributed by atoms with Crippen LogP contribution in [0.1, 0.15) is 40.2 Å². The summed E-state index contributed by atoms with van der Waals surface area (Å²) in [5, 5.41) is 11.6. The molecule has 7 heterocycles. The molecule has 60 heavy (non-hydrogen) atoms. The van der Waals surface area contributed by atoms with Gasteiger partial charge in [-0.15, -0.1) is 0 Å². The predicted octanol–water partition coefficient (Wildman–Crippen LogP) is 2.43. The van der Waals surface area contributed by atoms with Gasteiger partial charge in [-0.1, -0.05) is 0 Å². The summed E-state index contributed by atoms with van der Waals surface area (Å²) in [6.45, 7) is 2.16. The fourth-order valence-corrected chi connectivity index (χ4v) is 8.53. The number of nitrogen functional groups attached to an aromatic ring is 2. The van der Waals surface area contributed by atoms with Gasteiger partial charge in [0, 0.05) is 0 Å². The number of anilines is 2. The molecule has 5 N–H and O–H groups in total. The Bertz CT molecular complexity index is 2290. The van der Waals surface area contributed by atoms with Crippen LogP contribution >= 0.6 is 15.6 Å². The second-order valence-electron chi connectivity index (χ2n) is 13.5. The van der Waals surface area contributed by atoms with Gasteiger partial charge in [-0.25, -0.2) is 62.1 Å². The summed E-state index contributed by atoms with van der Waals surface area (Å²) in [4.78, 5) is 48.7. The monoisotopic (exact) mass is 892 g/mol. The Morgan fingerprint density at radius 1 is 0.767 bits per heavy atom. The maximum Gasteiger partial charge on any atom is 0.510 e. The van der Waals surface area contributed by atoms with E-state index in [9.17, 15) is 23.8 Å². The van der Waals surface area contributed by atoms with Gasteiger partial charge in [-0.05, 0) is 27.7 Å². The number of phosphoric acid groups is 2. The summed E-state index contributed by atoms with van der Waals surface area (Å²) in [7, 11) is -10.3. The number of aliphatic hydroxyl groups is 1. The lowest BCUT2D eigenvalue weighted by Gasteiger charge is -2.28. The van der Waals surface area contributed by atoms with Gasteiger partial charge in [-0.2, -0.15) is 0 Å². The maximum atomic E-state index is 16.8. The molecule has 3 aliphatic heterocycles. The molecule has 328 valence electrons. The number of phosphoric ester groups is 2. The molecule has 10 atom stereocenters. The summed E-state index contributed by atoms with van der Waals surface area (Å²) in [6.07, 6.45) is -13.4. The van der Waals surface area contributed by atoms with Gasteiger partial charge in [0.2, 0.25) is 13.6 Å². The molecule has 3 saturated heterocycles. The molecular weight excluding hydrogens is 853 g/mol. The molecule has 7 rings (SSSR count). The third kappa shape index (κ3) is 9.27. The molecule has 0 amide bonds. The lowest BCUT2D eigenvalue weighted by Crippen LogP contribution is -2.35. The van der Waals surface area contributed by atoms with Crippen molar-refractivity contribution in [2.75, 3.05) is 38.3 Å². The summed E-state index contributed by atoms with van der Waals surface area (Å²) in [5.41, 5.74) is 12.2. The van der Waals surface area contributed by atoms with E-state index in [1.165, 1.54) is 10.9 Å². The Balaban J connectivity index is 1.25. The van der Waals surface area contributed by atoms with Crippen LogP contribution in [-0.4, -0.2) is 132 Å². The van der Waals surface area contributed by atoms with E-state index in [2.05, 4.69) is 29.9 Å². The average Bonchev–Trinajstić information content (AvgIpc) is 3.94. The van der Waals surface area contributed by atoms with E-state index in [0.717, 1.165) is 23.5 Å². The minimum Gasteiger partial charge on any atom is -0.432 e. The van der Waals surface area contributed by atoms with Crippen molar-refractivity contribution in [1.29, 1.82) is 0 Å². The van der Waals surface area contributed by atoms with Crippen LogP contribution in [0.4, 0.5) is 25.6 Å². The number of aromatic nitrogens is 8. The van der Waals surface area contributed by atoms with E-state index in [4.69, 9.17) is 67.0 Å². The molecule has 4 aromatic heterocycles. The van der Waals surface area contributed by atoms with Crippen LogP contribution in [-0.2, 0) is 64.7 Å². The first-order valence-corrected chi connectivity index (χ1v) is 20.8. The summed E-state index contributed by atoms with van der Waals surface area (Å²) >= 11 is 0. The van der Waals surface area contributed by atoms with E-state index < -0.39 is 116 Å². The second-order valence-corrected chi connectivity index (χ2v) is 16.7. The highest BCUT2D eigenvalue weighted by Gasteiger charge is 2.55. The summed E-state index contributed by atoms with van der Waals surface area (Å²) in [6, 6.07) is 0. The SMILES string of the molecule is CC(C)OC(=O)OCOP1(=O)OC[C@H]2O[C@@H](n3cnc4c(N)ncnc43)[C@@H](OP(=O)(OCOC(=O)OC(C)C)OC[C@H]3O[C@@H](n4cnc5c(N)ncnc54)[C@@H](F)C3O1)C2O. The highest BCUT2D eigenvalue weighted by molar-refractivity contribution is 7.48. The van der Waals surface area contributed by atoms with Crippen molar-refractivity contribution in [1.82, 2.24) is 39.0 Å². The summed E-state index contributed by atoms with van der Waals surface area (Å²) < 4.78 is 113. The predicted molar refractivity (Wildman–Crippen MR) is 192 cm³/mol. The van der Waals surface area contributed by atoms with Crippen LogP contribution in [0.2, 0.25) is 0 Å². The first-order valence-electron chi connectivity index (χ1n) is 17.9. The quantitative estimate of drug-likeness (QED) is 0.117.